The molecule has 4 heteroatoms. The molecule has 0 bridgehead atoms. The molecule has 0 unspecified atom stereocenters. The monoisotopic (exact) mass is 222 g/mol. The average Bonchev–Trinajstić information content (AvgIpc) is 2.14. The topological polar surface area (TPSA) is 41.1 Å². The summed E-state index contributed by atoms with van der Waals surface area (Å²) in [5.74, 6) is 1.75. The zero-order chi connectivity index (χ0) is 12.3. The van der Waals surface area contributed by atoms with Gasteiger partial charge in [-0.05, 0) is 14.1 Å². The van der Waals surface area contributed by atoms with Gasteiger partial charge in [0.2, 0.25) is 0 Å². The summed E-state index contributed by atoms with van der Waals surface area (Å²) in [6.07, 6.45) is 0. The molecule has 4 nitrogen and oxygen atoms in total. The molecule has 0 aliphatic rings. The molecule has 0 fully saturated rings. The maximum Gasteiger partial charge on any atom is 0.144 e. The molecule has 1 N–H and O–H groups in total. The molecule has 16 heavy (non-hydrogen) atoms. The summed E-state index contributed by atoms with van der Waals surface area (Å²) in [4.78, 5) is 11.1. The molecular formula is C12H22N4. The molecule has 0 aromatic carbocycles. The number of nitrogens with zero attached hydrogens (tertiary/aromatic N) is 3. The third-order valence-corrected chi connectivity index (χ3v) is 2.25. The van der Waals surface area contributed by atoms with E-state index in [9.17, 15) is 0 Å². The van der Waals surface area contributed by atoms with Crippen molar-refractivity contribution in [2.75, 3.05) is 26.5 Å². The Hall–Kier alpha value is -1.16. The van der Waals surface area contributed by atoms with Crippen molar-refractivity contribution in [3.63, 3.8) is 0 Å². The first kappa shape index (κ1) is 12.9. The maximum atomic E-state index is 4.60. The van der Waals surface area contributed by atoms with Gasteiger partial charge in [-0.25, -0.2) is 9.97 Å². The summed E-state index contributed by atoms with van der Waals surface area (Å²) in [5.41, 5.74) is 1.12. The third kappa shape index (κ3) is 3.45. The zero-order valence-corrected chi connectivity index (χ0v) is 11.1. The van der Waals surface area contributed by atoms with E-state index in [0.717, 1.165) is 23.9 Å². The van der Waals surface area contributed by atoms with Gasteiger partial charge in [0.25, 0.3) is 0 Å². The normalized spacial score (nSPS) is 11.9. The molecular weight excluding hydrogens is 200 g/mol. The summed E-state index contributed by atoms with van der Waals surface area (Å²) in [6, 6.07) is 2.01. The number of hydrogen-bond acceptors (Lipinski definition) is 4. The Labute approximate surface area is 98.1 Å². The van der Waals surface area contributed by atoms with E-state index in [-0.39, 0.29) is 5.41 Å². The van der Waals surface area contributed by atoms with Crippen LogP contribution in [0.4, 0.5) is 5.82 Å². The van der Waals surface area contributed by atoms with Gasteiger partial charge in [0.15, 0.2) is 0 Å². The smallest absolute Gasteiger partial charge is 0.144 e. The van der Waals surface area contributed by atoms with Crippen molar-refractivity contribution in [2.24, 2.45) is 0 Å². The van der Waals surface area contributed by atoms with E-state index in [0.29, 0.717) is 0 Å². The van der Waals surface area contributed by atoms with Gasteiger partial charge in [0, 0.05) is 18.5 Å². The third-order valence-electron chi connectivity index (χ3n) is 2.25. The zero-order valence-electron chi connectivity index (χ0n) is 11.1. The van der Waals surface area contributed by atoms with Gasteiger partial charge >= 0.3 is 0 Å². The van der Waals surface area contributed by atoms with E-state index < -0.39 is 0 Å². The molecule has 0 radical (unpaired) electrons. The van der Waals surface area contributed by atoms with Gasteiger partial charge in [-0.3, -0.25) is 0 Å². The van der Waals surface area contributed by atoms with Crippen molar-refractivity contribution in [1.82, 2.24) is 14.9 Å². The van der Waals surface area contributed by atoms with Crippen molar-refractivity contribution in [3.8, 4) is 0 Å². The predicted molar refractivity (Wildman–Crippen MR) is 67.7 cm³/mol. The molecule has 0 saturated heterocycles. The van der Waals surface area contributed by atoms with E-state index in [4.69, 9.17) is 0 Å². The second-order valence-electron chi connectivity index (χ2n) is 5.29. The molecule has 0 spiro atoms. The molecule has 0 saturated carbocycles. The van der Waals surface area contributed by atoms with E-state index in [1.54, 1.807) is 0 Å². The summed E-state index contributed by atoms with van der Waals surface area (Å²) in [5, 5.41) is 3.08. The summed E-state index contributed by atoms with van der Waals surface area (Å²) < 4.78 is 0. The van der Waals surface area contributed by atoms with Crippen molar-refractivity contribution >= 4 is 5.82 Å². The molecule has 1 rings (SSSR count). The summed E-state index contributed by atoms with van der Waals surface area (Å²) in [6.45, 7) is 7.25. The molecule has 90 valence electrons. The fourth-order valence-electron chi connectivity index (χ4n) is 1.36. The van der Waals surface area contributed by atoms with Gasteiger partial charge in [-0.15, -0.1) is 0 Å². The Morgan fingerprint density at radius 3 is 2.31 bits per heavy atom. The molecule has 0 aliphatic carbocycles. The molecule has 1 aromatic heterocycles. The Balaban J connectivity index is 3.11. The number of nitrogens with one attached hydrogen (secondary N) is 1. The minimum atomic E-state index is 0.0512. The van der Waals surface area contributed by atoms with Crippen molar-refractivity contribution in [1.29, 1.82) is 0 Å². The lowest BCUT2D eigenvalue weighted by Gasteiger charge is -2.20. The Bertz CT molecular complexity index is 353. The largest absolute Gasteiger partial charge is 0.373 e. The first-order valence-corrected chi connectivity index (χ1v) is 5.54. The van der Waals surface area contributed by atoms with Crippen LogP contribution in [-0.2, 0) is 12.0 Å². The lowest BCUT2D eigenvalue weighted by atomic mass is 9.92. The molecule has 0 atom stereocenters. The highest BCUT2D eigenvalue weighted by atomic mass is 15.1. The highest BCUT2D eigenvalue weighted by molar-refractivity contribution is 5.37. The Morgan fingerprint density at radius 1 is 1.25 bits per heavy atom. The van der Waals surface area contributed by atoms with E-state index in [1.807, 2.05) is 27.2 Å². The highest BCUT2D eigenvalue weighted by Gasteiger charge is 2.17. The van der Waals surface area contributed by atoms with Crippen LogP contribution in [0.5, 0.6) is 0 Å². The van der Waals surface area contributed by atoms with E-state index >= 15 is 0 Å². The Morgan fingerprint density at radius 2 is 1.88 bits per heavy atom. The first-order valence-electron chi connectivity index (χ1n) is 5.54. The van der Waals surface area contributed by atoms with Gasteiger partial charge in [0.05, 0.1) is 12.2 Å². The van der Waals surface area contributed by atoms with Crippen molar-refractivity contribution < 1.29 is 0 Å². The average molecular weight is 222 g/mol. The van der Waals surface area contributed by atoms with Crippen LogP contribution in [0.1, 0.15) is 32.3 Å². The minimum Gasteiger partial charge on any atom is -0.373 e. The fraction of sp³-hybridized carbons (Fsp3) is 0.667. The first-order chi connectivity index (χ1) is 7.32. The quantitative estimate of drug-likeness (QED) is 0.847. The van der Waals surface area contributed by atoms with E-state index in [2.05, 4.69) is 41.0 Å². The van der Waals surface area contributed by atoms with Crippen molar-refractivity contribution in [2.45, 2.75) is 32.7 Å². The van der Waals surface area contributed by atoms with Crippen LogP contribution in [0, 0.1) is 0 Å². The molecule has 1 aromatic rings. The lowest BCUT2D eigenvalue weighted by Crippen LogP contribution is -2.19. The second-order valence-corrected chi connectivity index (χ2v) is 5.29. The number of hydrogen-bond donors (Lipinski definition) is 1. The SMILES string of the molecule is CNc1cc(C(C)(C)C)nc(CN(C)C)n1. The summed E-state index contributed by atoms with van der Waals surface area (Å²) >= 11 is 0. The van der Waals surface area contributed by atoms with Crippen LogP contribution < -0.4 is 5.32 Å². The van der Waals surface area contributed by atoms with Crippen LogP contribution in [0.25, 0.3) is 0 Å². The van der Waals surface area contributed by atoms with Crippen LogP contribution >= 0.6 is 0 Å². The van der Waals surface area contributed by atoms with Crippen LogP contribution in [0.3, 0.4) is 0 Å². The standard InChI is InChI=1S/C12H22N4/c1-12(2,3)9-7-10(13-4)15-11(14-9)8-16(5)6/h7H,8H2,1-6H3,(H,13,14,15). The van der Waals surface area contributed by atoms with Gasteiger partial charge in [-0.1, -0.05) is 20.8 Å². The van der Waals surface area contributed by atoms with E-state index in [1.165, 1.54) is 0 Å². The molecule has 0 amide bonds. The highest BCUT2D eigenvalue weighted by Crippen LogP contribution is 2.22. The number of aromatic nitrogens is 2. The number of rotatable bonds is 3. The van der Waals surface area contributed by atoms with Crippen LogP contribution in [0.2, 0.25) is 0 Å². The Kier molecular flexibility index (Phi) is 3.86. The van der Waals surface area contributed by atoms with Gasteiger partial charge < -0.3 is 10.2 Å². The summed E-state index contributed by atoms with van der Waals surface area (Å²) in [7, 11) is 5.92. The maximum absolute atomic E-state index is 4.60. The lowest BCUT2D eigenvalue weighted by molar-refractivity contribution is 0.388. The van der Waals surface area contributed by atoms with Crippen LogP contribution in [0.15, 0.2) is 6.07 Å². The van der Waals surface area contributed by atoms with Gasteiger partial charge in [0.1, 0.15) is 11.6 Å². The minimum absolute atomic E-state index is 0.0512. The second kappa shape index (κ2) is 4.78. The fourth-order valence-corrected chi connectivity index (χ4v) is 1.36. The molecule has 1 heterocycles. The molecule has 0 aliphatic heterocycles. The van der Waals surface area contributed by atoms with Crippen LogP contribution in [-0.4, -0.2) is 36.0 Å². The number of anilines is 1. The van der Waals surface area contributed by atoms with Gasteiger partial charge in [-0.2, -0.15) is 0 Å². The van der Waals surface area contributed by atoms with Crippen molar-refractivity contribution in [3.05, 3.63) is 17.6 Å². The predicted octanol–water partition coefficient (Wildman–Crippen LogP) is 1.88.